The third-order valence-electron chi connectivity index (χ3n) is 6.29. The van der Waals surface area contributed by atoms with Gasteiger partial charge in [0.15, 0.2) is 5.82 Å². The summed E-state index contributed by atoms with van der Waals surface area (Å²) in [5, 5.41) is 18.0. The van der Waals surface area contributed by atoms with Crippen molar-refractivity contribution >= 4 is 11.5 Å². The largest absolute Gasteiger partial charge is 0.392 e. The predicted octanol–water partition coefficient (Wildman–Crippen LogP) is 3.81. The van der Waals surface area contributed by atoms with Gasteiger partial charge in [-0.1, -0.05) is 30.3 Å². The van der Waals surface area contributed by atoms with E-state index in [1.165, 1.54) is 5.56 Å². The van der Waals surface area contributed by atoms with Gasteiger partial charge in [-0.05, 0) is 54.7 Å². The van der Waals surface area contributed by atoms with Crippen LogP contribution in [0.2, 0.25) is 0 Å². The number of halogens is 1. The normalized spacial score (nSPS) is 16.7. The fourth-order valence-electron chi connectivity index (χ4n) is 4.59. The zero-order valence-corrected chi connectivity index (χ0v) is 16.8. The third-order valence-corrected chi connectivity index (χ3v) is 6.29. The number of piperidine rings is 1. The molecule has 154 valence electrons. The molecule has 0 unspecified atom stereocenters. The lowest BCUT2D eigenvalue weighted by Gasteiger charge is -2.38. The molecule has 1 N–H and O–H groups in total. The summed E-state index contributed by atoms with van der Waals surface area (Å²) >= 11 is 0. The molecule has 1 saturated heterocycles. The maximum atomic E-state index is 13.7. The van der Waals surface area contributed by atoms with E-state index in [-0.39, 0.29) is 12.4 Å². The molecular weight excluding hydrogens is 379 g/mol. The number of aromatic nitrogens is 2. The van der Waals surface area contributed by atoms with E-state index < -0.39 is 0 Å². The SMILES string of the molecule is OCc1ccc(-c2ccc(N3CCC(N4CCc5ccc(F)cc54)CC3)nn2)cc1. The second-order valence-electron chi connectivity index (χ2n) is 8.07. The van der Waals surface area contributed by atoms with Crippen LogP contribution in [0.1, 0.15) is 24.0 Å². The van der Waals surface area contributed by atoms with Crippen molar-refractivity contribution < 1.29 is 9.50 Å². The lowest BCUT2D eigenvalue weighted by molar-refractivity contribution is 0.282. The van der Waals surface area contributed by atoms with Crippen LogP contribution < -0.4 is 9.80 Å². The maximum absolute atomic E-state index is 13.7. The number of hydrogen-bond acceptors (Lipinski definition) is 5. The highest BCUT2D eigenvalue weighted by Crippen LogP contribution is 2.33. The smallest absolute Gasteiger partial charge is 0.151 e. The molecule has 2 aliphatic heterocycles. The summed E-state index contributed by atoms with van der Waals surface area (Å²) in [5.41, 5.74) is 5.03. The van der Waals surface area contributed by atoms with Gasteiger partial charge in [0.1, 0.15) is 5.82 Å². The van der Waals surface area contributed by atoms with Gasteiger partial charge >= 0.3 is 0 Å². The molecule has 0 radical (unpaired) electrons. The lowest BCUT2D eigenvalue weighted by Crippen LogP contribution is -2.44. The van der Waals surface area contributed by atoms with E-state index in [2.05, 4.69) is 20.0 Å². The Morgan fingerprint density at radius 1 is 0.933 bits per heavy atom. The highest BCUT2D eigenvalue weighted by atomic mass is 19.1. The molecule has 0 saturated carbocycles. The van der Waals surface area contributed by atoms with Gasteiger partial charge in [0.2, 0.25) is 0 Å². The van der Waals surface area contributed by atoms with Crippen molar-refractivity contribution in [2.24, 2.45) is 0 Å². The molecule has 5 rings (SSSR count). The first-order valence-electron chi connectivity index (χ1n) is 10.6. The number of aliphatic hydroxyl groups is 1. The van der Waals surface area contributed by atoms with Gasteiger partial charge in [0.05, 0.1) is 12.3 Å². The van der Waals surface area contributed by atoms with Gasteiger partial charge in [-0.2, -0.15) is 0 Å². The van der Waals surface area contributed by atoms with Crippen LogP contribution in [0.25, 0.3) is 11.3 Å². The molecule has 0 aliphatic carbocycles. The van der Waals surface area contributed by atoms with E-state index >= 15 is 0 Å². The van der Waals surface area contributed by atoms with Gasteiger partial charge in [0, 0.05) is 36.9 Å². The van der Waals surface area contributed by atoms with Crippen LogP contribution in [-0.4, -0.2) is 41.0 Å². The molecule has 3 heterocycles. The van der Waals surface area contributed by atoms with Crippen LogP contribution in [-0.2, 0) is 13.0 Å². The summed E-state index contributed by atoms with van der Waals surface area (Å²) in [5.74, 6) is 0.747. The molecule has 5 nitrogen and oxygen atoms in total. The second kappa shape index (κ2) is 8.03. The molecule has 3 aromatic rings. The van der Waals surface area contributed by atoms with Crippen LogP contribution >= 0.6 is 0 Å². The quantitative estimate of drug-likeness (QED) is 0.717. The first-order valence-corrected chi connectivity index (χ1v) is 10.6. The summed E-state index contributed by atoms with van der Waals surface area (Å²) in [6, 6.07) is 17.4. The Morgan fingerprint density at radius 2 is 1.73 bits per heavy atom. The average molecular weight is 404 g/mol. The fourth-order valence-corrected chi connectivity index (χ4v) is 4.59. The average Bonchev–Trinajstić information content (AvgIpc) is 3.22. The second-order valence-corrected chi connectivity index (χ2v) is 8.07. The number of benzene rings is 2. The van der Waals surface area contributed by atoms with Gasteiger partial charge in [-0.3, -0.25) is 0 Å². The molecule has 0 atom stereocenters. The van der Waals surface area contributed by atoms with Crippen LogP contribution in [0.15, 0.2) is 54.6 Å². The number of nitrogens with zero attached hydrogens (tertiary/aromatic N) is 4. The van der Waals surface area contributed by atoms with Crippen LogP contribution in [0.4, 0.5) is 15.9 Å². The molecule has 0 amide bonds. The summed E-state index contributed by atoms with van der Waals surface area (Å²) in [6.07, 6.45) is 3.06. The number of anilines is 2. The lowest BCUT2D eigenvalue weighted by atomic mass is 10.0. The first-order chi connectivity index (χ1) is 14.7. The zero-order chi connectivity index (χ0) is 20.5. The minimum Gasteiger partial charge on any atom is -0.392 e. The van der Waals surface area contributed by atoms with Crippen molar-refractivity contribution in [1.82, 2.24) is 10.2 Å². The van der Waals surface area contributed by atoms with E-state index in [0.717, 1.165) is 67.2 Å². The monoisotopic (exact) mass is 404 g/mol. The number of aliphatic hydroxyl groups excluding tert-OH is 1. The molecule has 1 fully saturated rings. The van der Waals surface area contributed by atoms with E-state index in [0.29, 0.717) is 6.04 Å². The van der Waals surface area contributed by atoms with E-state index in [1.807, 2.05) is 42.5 Å². The predicted molar refractivity (Wildman–Crippen MR) is 116 cm³/mol. The van der Waals surface area contributed by atoms with Crippen molar-refractivity contribution in [3.8, 4) is 11.3 Å². The summed E-state index contributed by atoms with van der Waals surface area (Å²) < 4.78 is 13.7. The van der Waals surface area contributed by atoms with Gasteiger partial charge in [0.25, 0.3) is 0 Å². The van der Waals surface area contributed by atoms with Crippen LogP contribution in [0.3, 0.4) is 0 Å². The van der Waals surface area contributed by atoms with Crippen molar-refractivity contribution in [2.75, 3.05) is 29.4 Å². The molecular formula is C24H25FN4O. The van der Waals surface area contributed by atoms with Gasteiger partial charge in [-0.25, -0.2) is 4.39 Å². The van der Waals surface area contributed by atoms with Gasteiger partial charge in [-0.15, -0.1) is 10.2 Å². The number of fused-ring (bicyclic) bond motifs is 1. The maximum Gasteiger partial charge on any atom is 0.151 e. The Labute approximate surface area is 175 Å². The Bertz CT molecular complexity index is 1010. The summed E-state index contributed by atoms with van der Waals surface area (Å²) in [6.45, 7) is 2.86. The molecule has 2 aromatic carbocycles. The van der Waals surface area contributed by atoms with Crippen LogP contribution in [0.5, 0.6) is 0 Å². The molecule has 0 spiro atoms. The van der Waals surface area contributed by atoms with E-state index in [9.17, 15) is 9.50 Å². The Hall–Kier alpha value is -2.99. The van der Waals surface area contributed by atoms with Crippen molar-refractivity contribution in [3.63, 3.8) is 0 Å². The molecule has 0 bridgehead atoms. The standard InChI is InChI=1S/C24H25FN4O/c25-20-6-5-19-9-14-29(23(19)15-20)21-10-12-28(13-11-21)24-8-7-22(26-27-24)18-3-1-17(16-30)2-4-18/h1-8,15,21,30H,9-14,16H2. The van der Waals surface area contributed by atoms with E-state index in [4.69, 9.17) is 0 Å². The van der Waals surface area contributed by atoms with Gasteiger partial charge < -0.3 is 14.9 Å². The first kappa shape index (κ1) is 19.0. The highest BCUT2D eigenvalue weighted by Gasteiger charge is 2.30. The van der Waals surface area contributed by atoms with Crippen LogP contribution in [0, 0.1) is 5.82 Å². The minimum atomic E-state index is -0.153. The molecule has 30 heavy (non-hydrogen) atoms. The number of rotatable bonds is 4. The van der Waals surface area contributed by atoms with Crippen molar-refractivity contribution in [2.45, 2.75) is 31.9 Å². The Balaban J connectivity index is 1.23. The van der Waals surface area contributed by atoms with Crippen molar-refractivity contribution in [3.05, 3.63) is 71.5 Å². The minimum absolute atomic E-state index is 0.0405. The Kier molecular flexibility index (Phi) is 5.09. The fraction of sp³-hybridized carbons (Fsp3) is 0.333. The highest BCUT2D eigenvalue weighted by molar-refractivity contribution is 5.61. The summed E-state index contributed by atoms with van der Waals surface area (Å²) in [7, 11) is 0. The summed E-state index contributed by atoms with van der Waals surface area (Å²) in [4.78, 5) is 4.67. The molecule has 6 heteroatoms. The Morgan fingerprint density at radius 3 is 2.43 bits per heavy atom. The molecule has 1 aromatic heterocycles. The zero-order valence-electron chi connectivity index (χ0n) is 16.8. The van der Waals surface area contributed by atoms with E-state index in [1.54, 1.807) is 12.1 Å². The topological polar surface area (TPSA) is 52.5 Å². The third kappa shape index (κ3) is 3.63. The number of hydrogen-bond donors (Lipinski definition) is 1. The molecule has 2 aliphatic rings. The van der Waals surface area contributed by atoms with Crippen molar-refractivity contribution in [1.29, 1.82) is 0 Å².